The molecule has 8 heteroatoms. The highest BCUT2D eigenvalue weighted by molar-refractivity contribution is 5.82. The number of amides is 1. The number of carbonyl (C=O) groups is 1. The average Bonchev–Trinajstić information content (AvgIpc) is 2.73. The number of piperidine rings is 1. The number of benzene rings is 1. The molecule has 0 radical (unpaired) electrons. The summed E-state index contributed by atoms with van der Waals surface area (Å²) in [4.78, 5) is 22.9. The van der Waals surface area contributed by atoms with Crippen molar-refractivity contribution in [1.29, 1.82) is 5.26 Å². The maximum atomic E-state index is 13.1. The Kier molecular flexibility index (Phi) is 4.98. The van der Waals surface area contributed by atoms with Crippen LogP contribution in [0.2, 0.25) is 0 Å². The van der Waals surface area contributed by atoms with Crippen molar-refractivity contribution in [1.82, 2.24) is 14.9 Å². The molecule has 0 N–H and O–H groups in total. The van der Waals surface area contributed by atoms with Crippen LogP contribution in [0.1, 0.15) is 25.5 Å². The minimum Gasteiger partial charge on any atom is -0.482 e. The molecule has 2 aromatic rings. The van der Waals surface area contributed by atoms with Crippen LogP contribution in [0.3, 0.4) is 0 Å². The van der Waals surface area contributed by atoms with Crippen LogP contribution in [0.4, 0.5) is 0 Å². The monoisotopic (exact) mass is 380 g/mol. The highest BCUT2D eigenvalue weighted by atomic mass is 16.6. The van der Waals surface area contributed by atoms with Gasteiger partial charge in [0.1, 0.15) is 18.3 Å². The zero-order valence-electron chi connectivity index (χ0n) is 15.4. The zero-order valence-corrected chi connectivity index (χ0v) is 15.4. The molecular formula is C20H20N4O4. The number of carbonyl (C=O) groups excluding carboxylic acids is 1. The van der Waals surface area contributed by atoms with E-state index in [0.29, 0.717) is 24.6 Å². The van der Waals surface area contributed by atoms with E-state index in [9.17, 15) is 4.79 Å². The summed E-state index contributed by atoms with van der Waals surface area (Å²) in [5, 5.41) is 9.14. The molecule has 1 amide bonds. The number of aromatic nitrogens is 2. The van der Waals surface area contributed by atoms with E-state index in [1.807, 2.05) is 31.2 Å². The first-order valence-corrected chi connectivity index (χ1v) is 9.24. The van der Waals surface area contributed by atoms with Crippen LogP contribution < -0.4 is 14.2 Å². The predicted octanol–water partition coefficient (Wildman–Crippen LogP) is 1.95. The third-order valence-electron chi connectivity index (χ3n) is 4.82. The van der Waals surface area contributed by atoms with Crippen LogP contribution in [0.25, 0.3) is 0 Å². The van der Waals surface area contributed by atoms with E-state index in [0.717, 1.165) is 12.8 Å². The summed E-state index contributed by atoms with van der Waals surface area (Å²) in [6.07, 6.45) is 3.13. The topological polar surface area (TPSA) is 97.6 Å². The smallest absolute Gasteiger partial charge is 0.267 e. The summed E-state index contributed by atoms with van der Waals surface area (Å²) in [5.41, 5.74) is 0.139. The fourth-order valence-electron chi connectivity index (χ4n) is 3.45. The molecule has 4 rings (SSSR count). The van der Waals surface area contributed by atoms with Gasteiger partial charge in [0.2, 0.25) is 11.8 Å². The number of hydrogen-bond donors (Lipinski definition) is 0. The average molecular weight is 380 g/mol. The SMILES string of the molecule is C[C@@H]1Oc2ccccc2O[C@@H]1C(=O)N1CCC[C@@H](Oc2nccnc2C#N)C1. The number of para-hydroxylation sites is 2. The number of rotatable bonds is 3. The molecule has 3 atom stereocenters. The lowest BCUT2D eigenvalue weighted by atomic mass is 10.1. The number of nitriles is 1. The molecule has 3 heterocycles. The number of fused-ring (bicyclic) bond motifs is 1. The number of nitrogens with zero attached hydrogens (tertiary/aromatic N) is 4. The van der Waals surface area contributed by atoms with Gasteiger partial charge in [0.25, 0.3) is 11.8 Å². The van der Waals surface area contributed by atoms with Crippen molar-refractivity contribution in [2.75, 3.05) is 13.1 Å². The van der Waals surface area contributed by atoms with Crippen molar-refractivity contribution in [3.8, 4) is 23.4 Å². The van der Waals surface area contributed by atoms with Gasteiger partial charge in [0.15, 0.2) is 11.5 Å². The lowest BCUT2D eigenvalue weighted by Crippen LogP contribution is -2.54. The predicted molar refractivity (Wildman–Crippen MR) is 97.9 cm³/mol. The quantitative estimate of drug-likeness (QED) is 0.803. The first kappa shape index (κ1) is 18.0. The van der Waals surface area contributed by atoms with Crippen molar-refractivity contribution in [2.45, 2.75) is 38.1 Å². The fraction of sp³-hybridized carbons (Fsp3) is 0.400. The van der Waals surface area contributed by atoms with Gasteiger partial charge in [-0.1, -0.05) is 12.1 Å². The maximum Gasteiger partial charge on any atom is 0.267 e. The van der Waals surface area contributed by atoms with E-state index in [-0.39, 0.29) is 23.6 Å². The standard InChI is InChI=1S/C20H20N4O4/c1-13-18(28-17-7-3-2-6-16(17)26-13)20(25)24-10-4-5-14(12-24)27-19-15(11-21)22-8-9-23-19/h2-3,6-9,13-14,18H,4-5,10,12H2,1H3/t13-,14+,18-/m0/s1. The molecule has 0 unspecified atom stereocenters. The first-order valence-electron chi connectivity index (χ1n) is 9.24. The van der Waals surface area contributed by atoms with Gasteiger partial charge in [-0.05, 0) is 31.9 Å². The molecule has 2 aliphatic rings. The fourth-order valence-corrected chi connectivity index (χ4v) is 3.45. The normalized spacial score (nSPS) is 23.6. The van der Waals surface area contributed by atoms with Crippen LogP contribution in [0.5, 0.6) is 17.4 Å². The van der Waals surface area contributed by atoms with Crippen molar-refractivity contribution in [3.05, 3.63) is 42.4 Å². The second-order valence-corrected chi connectivity index (χ2v) is 6.80. The van der Waals surface area contributed by atoms with Crippen molar-refractivity contribution >= 4 is 5.91 Å². The summed E-state index contributed by atoms with van der Waals surface area (Å²) in [6, 6.07) is 9.30. The van der Waals surface area contributed by atoms with Crippen molar-refractivity contribution < 1.29 is 19.0 Å². The summed E-state index contributed by atoms with van der Waals surface area (Å²) >= 11 is 0. The van der Waals surface area contributed by atoms with Gasteiger partial charge >= 0.3 is 0 Å². The molecule has 1 aromatic heterocycles. The molecule has 28 heavy (non-hydrogen) atoms. The molecule has 1 saturated heterocycles. The highest BCUT2D eigenvalue weighted by Crippen LogP contribution is 2.34. The molecule has 8 nitrogen and oxygen atoms in total. The molecular weight excluding hydrogens is 360 g/mol. The van der Waals surface area contributed by atoms with E-state index in [1.165, 1.54) is 12.4 Å². The Balaban J connectivity index is 1.44. The molecule has 1 fully saturated rings. The van der Waals surface area contributed by atoms with Gasteiger partial charge in [-0.2, -0.15) is 5.26 Å². The van der Waals surface area contributed by atoms with Gasteiger partial charge in [-0.25, -0.2) is 9.97 Å². The maximum absolute atomic E-state index is 13.1. The van der Waals surface area contributed by atoms with Crippen LogP contribution >= 0.6 is 0 Å². The Bertz CT molecular complexity index is 913. The third-order valence-corrected chi connectivity index (χ3v) is 4.82. The van der Waals surface area contributed by atoms with Gasteiger partial charge < -0.3 is 19.1 Å². The Morgan fingerprint density at radius 3 is 2.79 bits per heavy atom. The molecule has 0 bridgehead atoms. The van der Waals surface area contributed by atoms with Crippen LogP contribution in [0, 0.1) is 11.3 Å². The number of ether oxygens (including phenoxy) is 3. The van der Waals surface area contributed by atoms with Crippen LogP contribution in [-0.2, 0) is 4.79 Å². The molecule has 0 saturated carbocycles. The Morgan fingerprint density at radius 2 is 2.00 bits per heavy atom. The minimum atomic E-state index is -0.708. The van der Waals surface area contributed by atoms with E-state index in [2.05, 4.69) is 9.97 Å². The first-order chi connectivity index (χ1) is 13.7. The zero-order chi connectivity index (χ0) is 19.5. The molecule has 0 spiro atoms. The molecule has 0 aliphatic carbocycles. The second-order valence-electron chi connectivity index (χ2n) is 6.80. The van der Waals surface area contributed by atoms with E-state index in [1.54, 1.807) is 11.0 Å². The van der Waals surface area contributed by atoms with E-state index in [4.69, 9.17) is 19.5 Å². The summed E-state index contributed by atoms with van der Waals surface area (Å²) in [7, 11) is 0. The molecule has 144 valence electrons. The Labute approximate surface area is 162 Å². The lowest BCUT2D eigenvalue weighted by Gasteiger charge is -2.37. The number of likely N-dealkylation sites (tertiary alicyclic amines) is 1. The van der Waals surface area contributed by atoms with Gasteiger partial charge in [-0.15, -0.1) is 0 Å². The largest absolute Gasteiger partial charge is 0.482 e. The molecule has 1 aromatic carbocycles. The Hall–Kier alpha value is -3.34. The summed E-state index contributed by atoms with van der Waals surface area (Å²) < 4.78 is 17.6. The van der Waals surface area contributed by atoms with Gasteiger partial charge in [-0.3, -0.25) is 4.79 Å². The van der Waals surface area contributed by atoms with Crippen molar-refractivity contribution in [2.24, 2.45) is 0 Å². The van der Waals surface area contributed by atoms with Crippen molar-refractivity contribution in [3.63, 3.8) is 0 Å². The number of hydrogen-bond acceptors (Lipinski definition) is 7. The Morgan fingerprint density at radius 1 is 1.25 bits per heavy atom. The van der Waals surface area contributed by atoms with Crippen LogP contribution in [0.15, 0.2) is 36.7 Å². The van der Waals surface area contributed by atoms with Gasteiger partial charge in [0.05, 0.1) is 6.54 Å². The minimum absolute atomic E-state index is 0.130. The third kappa shape index (κ3) is 3.56. The van der Waals surface area contributed by atoms with E-state index >= 15 is 0 Å². The highest BCUT2D eigenvalue weighted by Gasteiger charge is 2.38. The van der Waals surface area contributed by atoms with Gasteiger partial charge in [0, 0.05) is 18.9 Å². The molecule has 2 aliphatic heterocycles. The lowest BCUT2D eigenvalue weighted by molar-refractivity contribution is -0.147. The van der Waals surface area contributed by atoms with Crippen LogP contribution in [-0.4, -0.2) is 52.2 Å². The summed E-state index contributed by atoms with van der Waals surface area (Å²) in [5.74, 6) is 1.28. The van der Waals surface area contributed by atoms with E-state index < -0.39 is 12.2 Å². The summed E-state index contributed by atoms with van der Waals surface area (Å²) in [6.45, 7) is 2.85. The second kappa shape index (κ2) is 7.72.